The molecule has 1 aromatic rings. The molecule has 0 spiro atoms. The molecule has 0 saturated carbocycles. The summed E-state index contributed by atoms with van der Waals surface area (Å²) in [6.45, 7) is 1.33. The zero-order valence-electron chi connectivity index (χ0n) is 11.0. The molecule has 21 heavy (non-hydrogen) atoms. The number of hydrogen-bond donors (Lipinski definition) is 2. The van der Waals surface area contributed by atoms with Crippen molar-refractivity contribution in [1.29, 1.82) is 0 Å². The van der Waals surface area contributed by atoms with E-state index >= 15 is 0 Å². The second kappa shape index (κ2) is 7.26. The number of benzene rings is 1. The highest BCUT2D eigenvalue weighted by Crippen LogP contribution is 2.31. The maximum atomic E-state index is 11.9. The number of carbonyl (C=O) groups is 1. The van der Waals surface area contributed by atoms with E-state index < -0.39 is 38.7 Å². The second-order valence-corrected chi connectivity index (χ2v) is 8.57. The first-order valence-electron chi connectivity index (χ1n) is 5.85. The first-order valence-corrected chi connectivity index (χ1v) is 8.47. The number of Topliss-reactive ketones (excluding diaryl/α,β-unsaturated/α-hetero) is 1. The standard InChI is InChI=1S/C12H14Cl3NO4S/c1-8-2-4-10(5-3-8)21(19,20)16-7-9(17)6-11(18)12(13,14)15/h2-5,11,16,18H,6-7H2,1H3. The van der Waals surface area contributed by atoms with Crippen LogP contribution < -0.4 is 4.72 Å². The Morgan fingerprint density at radius 3 is 2.29 bits per heavy atom. The second-order valence-electron chi connectivity index (χ2n) is 4.44. The maximum Gasteiger partial charge on any atom is 0.240 e. The van der Waals surface area contributed by atoms with Gasteiger partial charge in [-0.1, -0.05) is 52.5 Å². The van der Waals surface area contributed by atoms with Crippen LogP contribution in [0.15, 0.2) is 29.2 Å². The Kier molecular flexibility index (Phi) is 6.46. The molecule has 1 atom stereocenters. The van der Waals surface area contributed by atoms with Gasteiger partial charge in [0.2, 0.25) is 13.8 Å². The summed E-state index contributed by atoms with van der Waals surface area (Å²) in [6.07, 6.45) is -1.97. The third-order valence-electron chi connectivity index (χ3n) is 2.59. The zero-order valence-corrected chi connectivity index (χ0v) is 14.1. The van der Waals surface area contributed by atoms with Gasteiger partial charge in [0, 0.05) is 6.42 Å². The van der Waals surface area contributed by atoms with Gasteiger partial charge in [-0.25, -0.2) is 13.1 Å². The van der Waals surface area contributed by atoms with Crippen molar-refractivity contribution in [2.75, 3.05) is 6.54 Å². The largest absolute Gasteiger partial charge is 0.388 e. The number of hydrogen-bond acceptors (Lipinski definition) is 4. The number of aliphatic hydroxyl groups excluding tert-OH is 1. The van der Waals surface area contributed by atoms with Crippen LogP contribution in [0.5, 0.6) is 0 Å². The molecule has 0 heterocycles. The summed E-state index contributed by atoms with van der Waals surface area (Å²) < 4.78 is 24.0. The van der Waals surface area contributed by atoms with Crippen LogP contribution in [0.4, 0.5) is 0 Å². The molecule has 0 aromatic heterocycles. The lowest BCUT2D eigenvalue weighted by Crippen LogP contribution is -2.34. The normalized spacial score (nSPS) is 14.0. The number of ketones is 1. The van der Waals surface area contributed by atoms with Crippen LogP contribution >= 0.6 is 34.8 Å². The molecular weight excluding hydrogens is 361 g/mol. The summed E-state index contributed by atoms with van der Waals surface area (Å²) in [6, 6.07) is 6.14. The number of aryl methyl sites for hydroxylation is 1. The third kappa shape index (κ3) is 6.10. The van der Waals surface area contributed by atoms with Crippen molar-refractivity contribution in [2.45, 2.75) is 28.1 Å². The lowest BCUT2D eigenvalue weighted by Gasteiger charge is -2.17. The molecule has 5 nitrogen and oxygen atoms in total. The molecule has 0 fully saturated rings. The van der Waals surface area contributed by atoms with Gasteiger partial charge in [-0.05, 0) is 19.1 Å². The number of halogens is 3. The molecule has 1 aromatic carbocycles. The van der Waals surface area contributed by atoms with E-state index in [1.165, 1.54) is 12.1 Å². The van der Waals surface area contributed by atoms with Gasteiger partial charge in [0.05, 0.1) is 11.4 Å². The fourth-order valence-corrected chi connectivity index (χ4v) is 2.62. The molecule has 0 aliphatic carbocycles. The molecule has 1 rings (SSSR count). The third-order valence-corrected chi connectivity index (χ3v) is 4.76. The fraction of sp³-hybridized carbons (Fsp3) is 0.417. The highest BCUT2D eigenvalue weighted by Gasteiger charge is 2.32. The molecule has 0 saturated heterocycles. The van der Waals surface area contributed by atoms with Gasteiger partial charge in [-0.3, -0.25) is 4.79 Å². The zero-order chi connectivity index (χ0) is 16.3. The molecule has 2 N–H and O–H groups in total. The lowest BCUT2D eigenvalue weighted by molar-refractivity contribution is -0.119. The molecule has 0 bridgehead atoms. The van der Waals surface area contributed by atoms with Crippen LogP contribution in [-0.4, -0.2) is 35.7 Å². The lowest BCUT2D eigenvalue weighted by atomic mass is 10.2. The number of aliphatic hydroxyl groups is 1. The van der Waals surface area contributed by atoms with Crippen LogP contribution in [0.1, 0.15) is 12.0 Å². The summed E-state index contributed by atoms with van der Waals surface area (Å²) in [4.78, 5) is 11.6. The highest BCUT2D eigenvalue weighted by molar-refractivity contribution is 7.89. The van der Waals surface area contributed by atoms with Crippen LogP contribution in [0.25, 0.3) is 0 Å². The van der Waals surface area contributed by atoms with E-state index in [0.29, 0.717) is 0 Å². The van der Waals surface area contributed by atoms with Crippen LogP contribution in [0, 0.1) is 6.92 Å². The Bertz CT molecular complexity index is 596. The monoisotopic (exact) mass is 373 g/mol. The van der Waals surface area contributed by atoms with Gasteiger partial charge in [-0.15, -0.1) is 0 Å². The number of sulfonamides is 1. The fourth-order valence-electron chi connectivity index (χ4n) is 1.38. The average molecular weight is 375 g/mol. The Morgan fingerprint density at radius 1 is 1.29 bits per heavy atom. The van der Waals surface area contributed by atoms with E-state index in [0.717, 1.165) is 5.56 Å². The minimum atomic E-state index is -3.79. The molecule has 9 heteroatoms. The average Bonchev–Trinajstić information content (AvgIpc) is 2.36. The van der Waals surface area contributed by atoms with Crippen LogP contribution in [-0.2, 0) is 14.8 Å². The summed E-state index contributed by atoms with van der Waals surface area (Å²) in [5.74, 6) is -0.593. The molecule has 0 aliphatic heterocycles. The molecule has 1 unspecified atom stereocenters. The topological polar surface area (TPSA) is 83.5 Å². The van der Waals surface area contributed by atoms with Crippen molar-refractivity contribution in [1.82, 2.24) is 4.72 Å². The van der Waals surface area contributed by atoms with E-state index in [4.69, 9.17) is 34.8 Å². The minimum absolute atomic E-state index is 0.0443. The predicted octanol–water partition coefficient (Wildman–Crippen LogP) is 1.96. The van der Waals surface area contributed by atoms with Crippen molar-refractivity contribution < 1.29 is 18.3 Å². The Labute approximate surface area is 138 Å². The first kappa shape index (κ1) is 18.7. The summed E-state index contributed by atoms with van der Waals surface area (Å²) >= 11 is 16.3. The SMILES string of the molecule is Cc1ccc(S(=O)(=O)NCC(=O)CC(O)C(Cl)(Cl)Cl)cc1. The number of alkyl halides is 3. The van der Waals surface area contributed by atoms with E-state index in [-0.39, 0.29) is 4.90 Å². The van der Waals surface area contributed by atoms with Gasteiger partial charge >= 0.3 is 0 Å². The Balaban J connectivity index is 2.62. The van der Waals surface area contributed by atoms with Crippen molar-refractivity contribution in [3.8, 4) is 0 Å². The van der Waals surface area contributed by atoms with E-state index in [9.17, 15) is 18.3 Å². The number of carbonyl (C=O) groups excluding carboxylic acids is 1. The minimum Gasteiger partial charge on any atom is -0.388 e. The van der Waals surface area contributed by atoms with Crippen LogP contribution in [0.3, 0.4) is 0 Å². The van der Waals surface area contributed by atoms with E-state index in [2.05, 4.69) is 4.72 Å². The van der Waals surface area contributed by atoms with E-state index in [1.54, 1.807) is 12.1 Å². The summed E-state index contributed by atoms with van der Waals surface area (Å²) in [5, 5.41) is 9.44. The van der Waals surface area contributed by atoms with Gasteiger partial charge in [0.25, 0.3) is 0 Å². The summed E-state index contributed by atoms with van der Waals surface area (Å²) in [5.41, 5.74) is 0.913. The number of nitrogens with one attached hydrogen (secondary N) is 1. The molecule has 0 aliphatic rings. The van der Waals surface area contributed by atoms with Gasteiger partial charge in [0.15, 0.2) is 0 Å². The van der Waals surface area contributed by atoms with Crippen molar-refractivity contribution >= 4 is 50.6 Å². The van der Waals surface area contributed by atoms with Gasteiger partial charge in [0.1, 0.15) is 11.9 Å². The Hall–Kier alpha value is -0.370. The van der Waals surface area contributed by atoms with Crippen molar-refractivity contribution in [3.05, 3.63) is 29.8 Å². The Morgan fingerprint density at radius 2 is 1.81 bits per heavy atom. The van der Waals surface area contributed by atoms with E-state index in [1.807, 2.05) is 6.92 Å². The first-order chi connectivity index (χ1) is 9.52. The molecular formula is C12H14Cl3NO4S. The molecule has 0 amide bonds. The maximum absolute atomic E-state index is 11.9. The summed E-state index contributed by atoms with van der Waals surface area (Å²) in [7, 11) is -3.79. The van der Waals surface area contributed by atoms with Crippen molar-refractivity contribution in [3.63, 3.8) is 0 Å². The quantitative estimate of drug-likeness (QED) is 0.746. The predicted molar refractivity (Wildman–Crippen MR) is 82.3 cm³/mol. The number of rotatable bonds is 6. The molecule has 118 valence electrons. The van der Waals surface area contributed by atoms with Crippen molar-refractivity contribution in [2.24, 2.45) is 0 Å². The van der Waals surface area contributed by atoms with Crippen LogP contribution in [0.2, 0.25) is 0 Å². The molecule has 0 radical (unpaired) electrons. The highest BCUT2D eigenvalue weighted by atomic mass is 35.6. The van der Waals surface area contributed by atoms with Gasteiger partial charge < -0.3 is 5.11 Å². The van der Waals surface area contributed by atoms with Gasteiger partial charge in [-0.2, -0.15) is 0 Å². The smallest absolute Gasteiger partial charge is 0.240 e.